The second kappa shape index (κ2) is 13.6. The molecule has 2 amide bonds. The third kappa shape index (κ3) is 7.56. The normalized spacial score (nSPS) is 11.2. The van der Waals surface area contributed by atoms with Crippen LogP contribution in [-0.4, -0.2) is 39.4 Å². The topological polar surface area (TPSA) is 98.1 Å². The van der Waals surface area contributed by atoms with Crippen LogP contribution in [0.25, 0.3) is 17.1 Å². The second-order valence-electron chi connectivity index (χ2n) is 11.5. The Hall–Kier alpha value is -4.60. The molecule has 2 N–H and O–H groups in total. The van der Waals surface area contributed by atoms with Crippen LogP contribution in [0.1, 0.15) is 42.3 Å². The molecule has 0 spiro atoms. The third-order valence-corrected chi connectivity index (χ3v) is 8.35. The molecule has 5 aromatic rings. The highest BCUT2D eigenvalue weighted by atomic mass is 35.5. The first-order chi connectivity index (χ1) is 21.5. The molecule has 0 bridgehead atoms. The maximum absolute atomic E-state index is 13.2. The number of carbonyl (C=O) groups is 2. The van der Waals surface area contributed by atoms with Crippen LogP contribution >= 0.6 is 23.4 Å². The predicted molar refractivity (Wildman–Crippen MR) is 182 cm³/mol. The van der Waals surface area contributed by atoms with Gasteiger partial charge in [0.25, 0.3) is 5.91 Å². The number of carbonyl (C=O) groups excluding carboxylic acids is 2. The largest absolute Gasteiger partial charge is 0.494 e. The van der Waals surface area contributed by atoms with E-state index in [9.17, 15) is 9.59 Å². The van der Waals surface area contributed by atoms with Gasteiger partial charge in [0.2, 0.25) is 5.91 Å². The second-order valence-corrected chi connectivity index (χ2v) is 12.8. The number of methoxy groups -OCH3 is 1. The number of hydrogen-bond acceptors (Lipinski definition) is 6. The van der Waals surface area contributed by atoms with Crippen LogP contribution in [0.3, 0.4) is 0 Å². The van der Waals surface area contributed by atoms with E-state index in [-0.39, 0.29) is 23.0 Å². The van der Waals surface area contributed by atoms with E-state index < -0.39 is 0 Å². The Labute approximate surface area is 272 Å². The van der Waals surface area contributed by atoms with E-state index in [1.165, 1.54) is 24.4 Å². The van der Waals surface area contributed by atoms with E-state index in [1.807, 2.05) is 66.1 Å². The molecule has 0 aliphatic carbocycles. The number of ether oxygens (including phenoxy) is 1. The van der Waals surface area contributed by atoms with Gasteiger partial charge in [-0.3, -0.25) is 14.2 Å². The Bertz CT molecular complexity index is 1820. The van der Waals surface area contributed by atoms with Crippen molar-refractivity contribution >= 4 is 46.6 Å². The van der Waals surface area contributed by atoms with Crippen LogP contribution in [0.2, 0.25) is 5.02 Å². The van der Waals surface area contributed by atoms with Crippen LogP contribution in [0, 0.1) is 6.92 Å². The summed E-state index contributed by atoms with van der Waals surface area (Å²) in [6.07, 6.45) is 0. The van der Waals surface area contributed by atoms with E-state index in [0.29, 0.717) is 38.7 Å². The number of amides is 2. The molecule has 8 nitrogen and oxygen atoms in total. The van der Waals surface area contributed by atoms with Crippen LogP contribution in [0.5, 0.6) is 5.75 Å². The van der Waals surface area contributed by atoms with Crippen LogP contribution in [0.15, 0.2) is 96.2 Å². The Morgan fingerprint density at radius 3 is 2.22 bits per heavy atom. The third-order valence-electron chi connectivity index (χ3n) is 7.16. The van der Waals surface area contributed by atoms with Crippen molar-refractivity contribution in [3.63, 3.8) is 0 Å². The fourth-order valence-electron chi connectivity index (χ4n) is 4.68. The van der Waals surface area contributed by atoms with Crippen molar-refractivity contribution in [3.05, 3.63) is 113 Å². The summed E-state index contributed by atoms with van der Waals surface area (Å²) >= 11 is 7.45. The molecule has 0 fully saturated rings. The first kappa shape index (κ1) is 31.8. The number of hydrogen-bond donors (Lipinski definition) is 2. The van der Waals surface area contributed by atoms with E-state index in [1.54, 1.807) is 24.3 Å². The molecule has 0 aliphatic heterocycles. The van der Waals surface area contributed by atoms with Gasteiger partial charge in [-0.25, -0.2) is 0 Å². The summed E-state index contributed by atoms with van der Waals surface area (Å²) in [5.74, 6) is 0.672. The molecule has 0 atom stereocenters. The lowest BCUT2D eigenvalue weighted by molar-refractivity contribution is -0.113. The first-order valence-electron chi connectivity index (χ1n) is 14.3. The Balaban J connectivity index is 1.34. The summed E-state index contributed by atoms with van der Waals surface area (Å²) in [5, 5.41) is 16.0. The summed E-state index contributed by atoms with van der Waals surface area (Å²) in [7, 11) is 1.52. The molecule has 4 aromatic carbocycles. The van der Waals surface area contributed by atoms with E-state index in [4.69, 9.17) is 16.3 Å². The van der Waals surface area contributed by atoms with Gasteiger partial charge in [0.05, 0.1) is 18.6 Å². The molecule has 0 saturated heterocycles. The number of halogens is 1. The maximum Gasteiger partial charge on any atom is 0.255 e. The zero-order valence-corrected chi connectivity index (χ0v) is 27.3. The van der Waals surface area contributed by atoms with Crippen molar-refractivity contribution in [3.8, 4) is 22.8 Å². The van der Waals surface area contributed by atoms with Crippen LogP contribution in [-0.2, 0) is 10.2 Å². The van der Waals surface area contributed by atoms with Crippen molar-refractivity contribution in [2.75, 3.05) is 23.5 Å². The summed E-state index contributed by atoms with van der Waals surface area (Å²) < 4.78 is 7.48. The molecule has 10 heteroatoms. The van der Waals surface area contributed by atoms with Gasteiger partial charge in [-0.1, -0.05) is 86.6 Å². The lowest BCUT2D eigenvalue weighted by Crippen LogP contribution is -2.16. The minimum Gasteiger partial charge on any atom is -0.494 e. The number of rotatable bonds is 9. The minimum absolute atomic E-state index is 0.0222. The first-order valence-corrected chi connectivity index (χ1v) is 15.7. The molecule has 1 heterocycles. The Morgan fingerprint density at radius 2 is 1.58 bits per heavy atom. The molecular weight excluding hydrogens is 606 g/mol. The average Bonchev–Trinajstić information content (AvgIpc) is 3.45. The summed E-state index contributed by atoms with van der Waals surface area (Å²) in [6, 6.07) is 28.1. The fraction of sp³-hybridized carbons (Fsp3) is 0.200. The van der Waals surface area contributed by atoms with Crippen molar-refractivity contribution in [1.82, 2.24) is 14.8 Å². The summed E-state index contributed by atoms with van der Waals surface area (Å²) in [6.45, 7) is 8.38. The van der Waals surface area contributed by atoms with Crippen molar-refractivity contribution in [1.29, 1.82) is 0 Å². The average molecular weight is 640 g/mol. The van der Waals surface area contributed by atoms with E-state index >= 15 is 0 Å². The lowest BCUT2D eigenvalue weighted by atomic mass is 9.87. The highest BCUT2D eigenvalue weighted by molar-refractivity contribution is 7.99. The molecule has 0 aliphatic rings. The monoisotopic (exact) mass is 639 g/mol. The van der Waals surface area contributed by atoms with Gasteiger partial charge < -0.3 is 15.4 Å². The molecule has 230 valence electrons. The minimum atomic E-state index is -0.250. The van der Waals surface area contributed by atoms with Crippen LogP contribution < -0.4 is 15.4 Å². The molecule has 1 aromatic heterocycles. The number of aryl methyl sites for hydroxylation is 1. The Morgan fingerprint density at radius 1 is 0.889 bits per heavy atom. The van der Waals surface area contributed by atoms with Gasteiger partial charge in [-0.2, -0.15) is 0 Å². The van der Waals surface area contributed by atoms with Crippen molar-refractivity contribution < 1.29 is 14.3 Å². The molecule has 45 heavy (non-hydrogen) atoms. The summed E-state index contributed by atoms with van der Waals surface area (Å²) in [4.78, 5) is 25.9. The SMILES string of the molecule is COc1cc(NC(=O)c2ccccc2)c(C)cc1NC(=O)CSc1nnc(-c2ccc(C(C)(C)C)cc2)n1-c1ccc(Cl)cc1. The number of anilines is 2. The van der Waals surface area contributed by atoms with Gasteiger partial charge in [0, 0.05) is 33.6 Å². The highest BCUT2D eigenvalue weighted by Crippen LogP contribution is 2.33. The Kier molecular flexibility index (Phi) is 9.60. The molecule has 0 radical (unpaired) electrons. The zero-order valence-electron chi connectivity index (χ0n) is 25.7. The van der Waals surface area contributed by atoms with Gasteiger partial charge in [-0.15, -0.1) is 10.2 Å². The molecule has 0 unspecified atom stereocenters. The van der Waals surface area contributed by atoms with E-state index in [2.05, 4.69) is 53.7 Å². The lowest BCUT2D eigenvalue weighted by Gasteiger charge is -2.19. The number of nitrogens with one attached hydrogen (secondary N) is 2. The molecule has 5 rings (SSSR count). The number of nitrogens with zero attached hydrogens (tertiary/aromatic N) is 3. The maximum atomic E-state index is 13.2. The van der Waals surface area contributed by atoms with Gasteiger partial charge >= 0.3 is 0 Å². The van der Waals surface area contributed by atoms with Crippen molar-refractivity contribution in [2.45, 2.75) is 38.3 Å². The number of benzene rings is 4. The number of aromatic nitrogens is 3. The highest BCUT2D eigenvalue weighted by Gasteiger charge is 2.20. The summed E-state index contributed by atoms with van der Waals surface area (Å²) in [5.41, 5.74) is 5.37. The smallest absolute Gasteiger partial charge is 0.255 e. The molecular formula is C35H34ClN5O3S. The van der Waals surface area contributed by atoms with Gasteiger partial charge in [-0.05, 0) is 65.9 Å². The van der Waals surface area contributed by atoms with E-state index in [0.717, 1.165) is 16.8 Å². The predicted octanol–water partition coefficient (Wildman–Crippen LogP) is 8.19. The van der Waals surface area contributed by atoms with Crippen LogP contribution in [0.4, 0.5) is 11.4 Å². The zero-order chi connectivity index (χ0) is 32.1. The standard InChI is InChI=1S/C35H34ClN5O3S/c1-22-19-29(30(44-5)20-28(22)38-33(43)24-9-7-6-8-10-24)37-31(42)21-45-34-40-39-32(41(34)27-17-15-26(36)16-18-27)23-11-13-25(14-12-23)35(2,3)4/h6-20H,21H2,1-5H3,(H,37,42)(H,38,43). The number of thioether (sulfide) groups is 1. The quantitative estimate of drug-likeness (QED) is 0.158. The fourth-order valence-corrected chi connectivity index (χ4v) is 5.56. The van der Waals surface area contributed by atoms with Gasteiger partial charge in [0.1, 0.15) is 5.75 Å². The van der Waals surface area contributed by atoms with Crippen molar-refractivity contribution in [2.24, 2.45) is 0 Å². The van der Waals surface area contributed by atoms with Gasteiger partial charge in [0.15, 0.2) is 11.0 Å². The molecule has 0 saturated carbocycles.